The molecule has 29 heavy (non-hydrogen) atoms. The lowest BCUT2D eigenvalue weighted by Gasteiger charge is -2.22. The van der Waals surface area contributed by atoms with Crippen LogP contribution >= 0.6 is 24.0 Å². The summed E-state index contributed by atoms with van der Waals surface area (Å²) in [6.07, 6.45) is 7.10. The minimum Gasteiger partial charge on any atom is -0.469 e. The van der Waals surface area contributed by atoms with E-state index in [4.69, 9.17) is 4.74 Å². The number of carbonyl (C=O) groups is 1. The molecule has 0 amide bonds. The van der Waals surface area contributed by atoms with Crippen LogP contribution in [0.5, 0.6) is 0 Å². The second kappa shape index (κ2) is 11.6. The molecule has 0 radical (unpaired) electrons. The summed E-state index contributed by atoms with van der Waals surface area (Å²) in [5, 5.41) is 3.40. The SMILES string of the molecule is CN=C(NCc1ccc(N2CCCCCC2)nc1)N1CC(C)C(C(=O)OC)C1.I. The first kappa shape index (κ1) is 23.7. The second-order valence-electron chi connectivity index (χ2n) is 7.84. The predicted octanol–water partition coefficient (Wildman–Crippen LogP) is 2.90. The van der Waals surface area contributed by atoms with Crippen molar-refractivity contribution in [3.63, 3.8) is 0 Å². The molecule has 0 saturated carbocycles. The molecule has 2 saturated heterocycles. The fraction of sp³-hybridized carbons (Fsp3) is 0.667. The Balaban J connectivity index is 0.00000300. The molecule has 2 atom stereocenters. The second-order valence-corrected chi connectivity index (χ2v) is 7.84. The molecule has 3 heterocycles. The van der Waals surface area contributed by atoms with Crippen molar-refractivity contribution < 1.29 is 9.53 Å². The topological polar surface area (TPSA) is 70.1 Å². The number of aromatic nitrogens is 1. The quantitative estimate of drug-likeness (QED) is 0.288. The predicted molar refractivity (Wildman–Crippen MR) is 127 cm³/mol. The van der Waals surface area contributed by atoms with Gasteiger partial charge in [0.25, 0.3) is 0 Å². The molecular formula is C21H34IN5O2. The lowest BCUT2D eigenvalue weighted by molar-refractivity contribution is -0.145. The first-order chi connectivity index (χ1) is 13.6. The average molecular weight is 515 g/mol. The van der Waals surface area contributed by atoms with Crippen molar-refractivity contribution in [1.82, 2.24) is 15.2 Å². The first-order valence-electron chi connectivity index (χ1n) is 10.4. The number of ether oxygens (including phenoxy) is 1. The molecule has 0 spiro atoms. The molecule has 7 nitrogen and oxygen atoms in total. The molecule has 3 rings (SSSR count). The molecule has 1 aromatic heterocycles. The van der Waals surface area contributed by atoms with Crippen LogP contribution in [-0.2, 0) is 16.1 Å². The molecule has 2 unspecified atom stereocenters. The molecule has 162 valence electrons. The number of hydrogen-bond donors (Lipinski definition) is 1. The summed E-state index contributed by atoms with van der Waals surface area (Å²) in [6, 6.07) is 4.26. The number of halogens is 1. The van der Waals surface area contributed by atoms with Gasteiger partial charge < -0.3 is 19.9 Å². The molecule has 2 aliphatic heterocycles. The van der Waals surface area contributed by atoms with Gasteiger partial charge in [-0.05, 0) is 30.4 Å². The number of anilines is 1. The number of nitrogens with zero attached hydrogens (tertiary/aromatic N) is 4. The van der Waals surface area contributed by atoms with Crippen LogP contribution in [-0.4, -0.2) is 62.1 Å². The number of guanidine groups is 1. The van der Waals surface area contributed by atoms with Crippen molar-refractivity contribution >= 4 is 41.7 Å². The number of pyridine rings is 1. The number of carbonyl (C=O) groups excluding carboxylic acids is 1. The van der Waals surface area contributed by atoms with E-state index in [0.717, 1.165) is 37.0 Å². The van der Waals surface area contributed by atoms with Crippen molar-refractivity contribution in [2.45, 2.75) is 39.2 Å². The van der Waals surface area contributed by atoms with Gasteiger partial charge in [-0.1, -0.05) is 25.8 Å². The van der Waals surface area contributed by atoms with E-state index in [-0.39, 0.29) is 41.8 Å². The zero-order valence-electron chi connectivity index (χ0n) is 17.8. The van der Waals surface area contributed by atoms with Crippen LogP contribution in [0.4, 0.5) is 5.82 Å². The highest BCUT2D eigenvalue weighted by Crippen LogP contribution is 2.24. The van der Waals surface area contributed by atoms with Gasteiger partial charge in [-0.2, -0.15) is 0 Å². The molecule has 2 aliphatic rings. The average Bonchev–Trinajstić information content (AvgIpc) is 2.93. The minimum atomic E-state index is -0.140. The van der Waals surface area contributed by atoms with Crippen molar-refractivity contribution in [1.29, 1.82) is 0 Å². The normalized spacial score (nSPS) is 22.7. The number of nitrogens with one attached hydrogen (secondary N) is 1. The summed E-state index contributed by atoms with van der Waals surface area (Å²) in [4.78, 5) is 25.5. The Bertz CT molecular complexity index is 674. The zero-order valence-corrected chi connectivity index (χ0v) is 20.1. The molecule has 2 fully saturated rings. The fourth-order valence-corrected chi connectivity index (χ4v) is 4.12. The van der Waals surface area contributed by atoms with E-state index in [2.05, 4.69) is 44.1 Å². The van der Waals surface area contributed by atoms with Crippen LogP contribution in [0.2, 0.25) is 0 Å². The van der Waals surface area contributed by atoms with Crippen molar-refractivity contribution in [3.8, 4) is 0 Å². The molecule has 0 aliphatic carbocycles. The highest BCUT2D eigenvalue weighted by molar-refractivity contribution is 14.0. The summed E-state index contributed by atoms with van der Waals surface area (Å²) in [6.45, 7) is 6.39. The third kappa shape index (κ3) is 6.20. The van der Waals surface area contributed by atoms with E-state index in [1.165, 1.54) is 32.8 Å². The zero-order chi connectivity index (χ0) is 19.9. The number of methoxy groups -OCH3 is 1. The van der Waals surface area contributed by atoms with E-state index >= 15 is 0 Å². The maximum absolute atomic E-state index is 11.9. The highest BCUT2D eigenvalue weighted by Gasteiger charge is 2.36. The van der Waals surface area contributed by atoms with Gasteiger partial charge in [0.15, 0.2) is 5.96 Å². The molecule has 0 bridgehead atoms. The molecular weight excluding hydrogens is 481 g/mol. The number of likely N-dealkylation sites (tertiary alicyclic amines) is 1. The Morgan fingerprint density at radius 1 is 1.24 bits per heavy atom. The Morgan fingerprint density at radius 2 is 1.97 bits per heavy atom. The highest BCUT2D eigenvalue weighted by atomic mass is 127. The number of hydrogen-bond acceptors (Lipinski definition) is 5. The molecule has 1 aromatic rings. The van der Waals surface area contributed by atoms with E-state index in [1.54, 1.807) is 7.05 Å². The number of aliphatic imine (C=N–C) groups is 1. The smallest absolute Gasteiger partial charge is 0.310 e. The fourth-order valence-electron chi connectivity index (χ4n) is 4.12. The van der Waals surface area contributed by atoms with E-state index in [0.29, 0.717) is 13.1 Å². The summed E-state index contributed by atoms with van der Waals surface area (Å²) in [5.74, 6) is 1.90. The van der Waals surface area contributed by atoms with E-state index in [9.17, 15) is 4.79 Å². The van der Waals surface area contributed by atoms with E-state index < -0.39 is 0 Å². The van der Waals surface area contributed by atoms with Crippen molar-refractivity contribution in [2.75, 3.05) is 45.2 Å². The van der Waals surface area contributed by atoms with Gasteiger partial charge in [0.1, 0.15) is 5.82 Å². The lowest BCUT2D eigenvalue weighted by Crippen LogP contribution is -2.40. The third-order valence-corrected chi connectivity index (χ3v) is 5.82. The van der Waals surface area contributed by atoms with Crippen molar-refractivity contribution in [3.05, 3.63) is 23.9 Å². The van der Waals surface area contributed by atoms with Crippen LogP contribution in [0.1, 0.15) is 38.2 Å². The third-order valence-electron chi connectivity index (χ3n) is 5.82. The summed E-state index contributed by atoms with van der Waals surface area (Å²) >= 11 is 0. The lowest BCUT2D eigenvalue weighted by atomic mass is 9.99. The summed E-state index contributed by atoms with van der Waals surface area (Å²) < 4.78 is 4.93. The van der Waals surface area contributed by atoms with Gasteiger partial charge in [0, 0.05) is 46.0 Å². The Kier molecular flexibility index (Phi) is 9.45. The maximum Gasteiger partial charge on any atom is 0.310 e. The monoisotopic (exact) mass is 515 g/mol. The van der Waals surface area contributed by atoms with Crippen LogP contribution < -0.4 is 10.2 Å². The first-order valence-corrected chi connectivity index (χ1v) is 10.4. The van der Waals surface area contributed by atoms with Gasteiger partial charge in [-0.15, -0.1) is 24.0 Å². The van der Waals surface area contributed by atoms with Crippen LogP contribution in [0.25, 0.3) is 0 Å². The molecule has 8 heteroatoms. The van der Waals surface area contributed by atoms with Gasteiger partial charge >= 0.3 is 5.97 Å². The largest absolute Gasteiger partial charge is 0.469 e. The van der Waals surface area contributed by atoms with Crippen LogP contribution in [0.3, 0.4) is 0 Å². The number of esters is 1. The minimum absolute atomic E-state index is 0. The summed E-state index contributed by atoms with van der Waals surface area (Å²) in [5.41, 5.74) is 1.12. The standard InChI is InChI=1S/C21H33N5O2.HI/c1-16-14-26(15-18(16)20(27)28-3)21(22-2)24-13-17-8-9-19(23-12-17)25-10-6-4-5-7-11-25;/h8-9,12,16,18H,4-7,10-11,13-15H2,1-3H3,(H,22,24);1H. The Hall–Kier alpha value is -1.58. The Labute approximate surface area is 191 Å². The van der Waals surface area contributed by atoms with Crippen LogP contribution in [0, 0.1) is 11.8 Å². The van der Waals surface area contributed by atoms with E-state index in [1.807, 2.05) is 6.20 Å². The van der Waals surface area contributed by atoms with Gasteiger partial charge in [0.05, 0.1) is 13.0 Å². The number of rotatable bonds is 4. The Morgan fingerprint density at radius 3 is 2.55 bits per heavy atom. The van der Waals surface area contributed by atoms with Crippen LogP contribution in [0.15, 0.2) is 23.3 Å². The molecule has 0 aromatic carbocycles. The molecule has 1 N–H and O–H groups in total. The summed E-state index contributed by atoms with van der Waals surface area (Å²) in [7, 11) is 3.23. The van der Waals surface area contributed by atoms with Crippen molar-refractivity contribution in [2.24, 2.45) is 16.8 Å². The van der Waals surface area contributed by atoms with Gasteiger partial charge in [-0.25, -0.2) is 4.98 Å². The van der Waals surface area contributed by atoms with Gasteiger partial charge in [-0.3, -0.25) is 9.79 Å². The van der Waals surface area contributed by atoms with Gasteiger partial charge in [0.2, 0.25) is 0 Å². The maximum atomic E-state index is 11.9.